The molecule has 4 bridgehead atoms. The van der Waals surface area contributed by atoms with Gasteiger partial charge in [0.1, 0.15) is 30.2 Å². The van der Waals surface area contributed by atoms with Crippen LogP contribution in [-0.4, -0.2) is 91.1 Å². The van der Waals surface area contributed by atoms with Crippen molar-refractivity contribution in [1.29, 1.82) is 5.26 Å². The van der Waals surface area contributed by atoms with Crippen LogP contribution in [0.2, 0.25) is 0 Å². The lowest BCUT2D eigenvalue weighted by molar-refractivity contribution is -0.152. The van der Waals surface area contributed by atoms with Gasteiger partial charge in [-0.15, -0.1) is 11.8 Å². The van der Waals surface area contributed by atoms with Gasteiger partial charge in [0, 0.05) is 53.6 Å². The molecule has 6 aliphatic heterocycles. The Morgan fingerprint density at radius 2 is 1.62 bits per heavy atom. The molecule has 2 fully saturated rings. The monoisotopic (exact) mass is 846 g/mol. The summed E-state index contributed by atoms with van der Waals surface area (Å²) in [7, 11) is 3.69. The lowest BCUT2D eigenvalue weighted by atomic mass is 9.71. The van der Waals surface area contributed by atoms with Crippen molar-refractivity contribution in [2.75, 3.05) is 40.1 Å². The van der Waals surface area contributed by atoms with Crippen molar-refractivity contribution in [2.24, 2.45) is 0 Å². The number of thioether (sulfide) groups is 1. The molecule has 0 spiro atoms. The second-order valence-corrected chi connectivity index (χ2v) is 18.7. The highest BCUT2D eigenvalue weighted by Gasteiger charge is 2.60. The number of likely N-dealkylation sites (N-methyl/N-ethyl adjacent to an activating group) is 1. The van der Waals surface area contributed by atoms with E-state index in [1.807, 2.05) is 6.92 Å². The second-order valence-electron chi connectivity index (χ2n) is 17.5. The first-order chi connectivity index (χ1) is 29.1. The number of rotatable bonds is 18. The summed E-state index contributed by atoms with van der Waals surface area (Å²) in [5, 5.41) is 25.9. The van der Waals surface area contributed by atoms with Gasteiger partial charge in [0.15, 0.2) is 18.3 Å². The normalized spacial score (nSPS) is 25.5. The number of nitrogens with one attached hydrogen (secondary N) is 1. The standard InChI is InChI=1S/C47H66N4O8S/c1-7-8-9-10-11-12-13-14-15-16-17-18-19-20-36(52)49-32-25-60-46-39-38(45-44(58-27-59-45)30(4)42(39)53)35(24-56-47(32)54)51-34(23-48)33-22-31-21-28(2)29(3)43(57-26-55-6)37(31)40(41(46)51)50(33)5/h21,32-35,40-41,46,53H,7-20,22,24-27H2,1-6H3,(H,49,52)/t32-,33-,34-,35-,40+,41?,46+/m0/s1. The van der Waals surface area contributed by atoms with E-state index in [0.717, 1.165) is 47.3 Å². The summed E-state index contributed by atoms with van der Waals surface area (Å²) in [5.74, 6) is 1.40. The minimum atomic E-state index is -0.886. The van der Waals surface area contributed by atoms with Crippen molar-refractivity contribution in [1.82, 2.24) is 15.1 Å². The van der Waals surface area contributed by atoms with Gasteiger partial charge >= 0.3 is 5.97 Å². The third-order valence-corrected chi connectivity index (χ3v) is 15.1. The molecule has 1 unspecified atom stereocenters. The predicted molar refractivity (Wildman–Crippen MR) is 232 cm³/mol. The molecule has 13 heteroatoms. The van der Waals surface area contributed by atoms with Gasteiger partial charge in [-0.1, -0.05) is 90.0 Å². The Morgan fingerprint density at radius 1 is 0.950 bits per heavy atom. The maximum Gasteiger partial charge on any atom is 0.329 e. The van der Waals surface area contributed by atoms with Crippen LogP contribution in [0.5, 0.6) is 23.0 Å². The first-order valence-electron chi connectivity index (χ1n) is 22.5. The van der Waals surface area contributed by atoms with Gasteiger partial charge in [0.2, 0.25) is 12.7 Å². The Kier molecular flexibility index (Phi) is 14.8. The molecule has 0 radical (unpaired) electrons. The molecular formula is C47H66N4O8S. The Labute approximate surface area is 361 Å². The minimum absolute atomic E-state index is 0.00492. The molecule has 6 heterocycles. The van der Waals surface area contributed by atoms with Gasteiger partial charge < -0.3 is 34.1 Å². The topological polar surface area (TPSA) is 143 Å². The fraction of sp³-hybridized carbons (Fsp3) is 0.681. The fourth-order valence-corrected chi connectivity index (χ4v) is 12.0. The highest BCUT2D eigenvalue weighted by atomic mass is 32.2. The number of fused-ring (bicyclic) bond motifs is 10. The second kappa shape index (κ2) is 20.0. The maximum absolute atomic E-state index is 14.0. The van der Waals surface area contributed by atoms with Gasteiger partial charge in [-0.25, -0.2) is 4.79 Å². The zero-order chi connectivity index (χ0) is 42.5. The van der Waals surface area contributed by atoms with Crippen molar-refractivity contribution in [3.63, 3.8) is 0 Å². The fourth-order valence-electron chi connectivity index (χ4n) is 10.5. The van der Waals surface area contributed by atoms with Crippen molar-refractivity contribution in [3.8, 4) is 29.1 Å². The molecule has 2 aromatic carbocycles. The van der Waals surface area contributed by atoms with E-state index in [2.05, 4.69) is 55.1 Å². The molecule has 60 heavy (non-hydrogen) atoms. The number of amides is 1. The first-order valence-corrected chi connectivity index (χ1v) is 23.5. The SMILES string of the molecule is CCCCCCCCCCCCCCCC(=O)N[C@H]1CS[C@@H]2c3c(O)c(C)c4c(c3[C@H](COC1=O)N1C2[C@H]2c3c(cc(C)c(C)c3OCOC)C[C@@H]([C@@H]1C#N)N2C)OCO4. The van der Waals surface area contributed by atoms with Crippen LogP contribution < -0.4 is 19.5 Å². The summed E-state index contributed by atoms with van der Waals surface area (Å²) in [6.07, 6.45) is 16.9. The Morgan fingerprint density at radius 3 is 2.28 bits per heavy atom. The summed E-state index contributed by atoms with van der Waals surface area (Å²) in [5.41, 5.74) is 6.26. The molecule has 328 valence electrons. The van der Waals surface area contributed by atoms with Crippen molar-refractivity contribution < 1.29 is 38.4 Å². The van der Waals surface area contributed by atoms with E-state index in [1.54, 1.807) is 7.11 Å². The molecule has 0 aliphatic carbocycles. The summed E-state index contributed by atoms with van der Waals surface area (Å²) in [6.45, 7) is 8.21. The van der Waals surface area contributed by atoms with Crippen molar-refractivity contribution >= 4 is 23.6 Å². The van der Waals surface area contributed by atoms with Gasteiger partial charge in [-0.05, 0) is 57.4 Å². The van der Waals surface area contributed by atoms with E-state index in [0.29, 0.717) is 41.0 Å². The number of nitriles is 1. The van der Waals surface area contributed by atoms with Crippen LogP contribution >= 0.6 is 11.8 Å². The average molecular weight is 847 g/mol. The van der Waals surface area contributed by atoms with Crippen LogP contribution in [0.1, 0.15) is 153 Å². The number of aromatic hydroxyl groups is 1. The summed E-state index contributed by atoms with van der Waals surface area (Å²) in [6, 6.07) is 1.94. The molecule has 7 atom stereocenters. The van der Waals surface area contributed by atoms with Crippen LogP contribution in [0.25, 0.3) is 0 Å². The van der Waals surface area contributed by atoms with E-state index in [1.165, 1.54) is 76.0 Å². The van der Waals surface area contributed by atoms with E-state index in [9.17, 15) is 20.0 Å². The van der Waals surface area contributed by atoms with Gasteiger partial charge in [0.25, 0.3) is 0 Å². The van der Waals surface area contributed by atoms with E-state index >= 15 is 0 Å². The van der Waals surface area contributed by atoms with Crippen LogP contribution in [0.3, 0.4) is 0 Å². The van der Waals surface area contributed by atoms with Crippen molar-refractivity contribution in [2.45, 2.75) is 166 Å². The Bertz CT molecular complexity index is 1920. The van der Waals surface area contributed by atoms with E-state index < -0.39 is 29.3 Å². The average Bonchev–Trinajstić information content (AvgIpc) is 3.73. The maximum atomic E-state index is 14.0. The number of hydrogen-bond donors (Lipinski definition) is 2. The lowest BCUT2D eigenvalue weighted by Gasteiger charge is -2.61. The summed E-state index contributed by atoms with van der Waals surface area (Å²) >= 11 is 1.51. The minimum Gasteiger partial charge on any atom is -0.507 e. The van der Waals surface area contributed by atoms with Crippen LogP contribution in [0, 0.1) is 32.1 Å². The molecule has 2 aromatic rings. The highest BCUT2D eigenvalue weighted by Crippen LogP contribution is 2.63. The number of carbonyl (C=O) groups is 2. The number of benzene rings is 2. The predicted octanol–water partition coefficient (Wildman–Crippen LogP) is 8.55. The van der Waals surface area contributed by atoms with Crippen LogP contribution in [0.15, 0.2) is 6.07 Å². The van der Waals surface area contributed by atoms with Gasteiger partial charge in [0.05, 0.1) is 23.4 Å². The van der Waals surface area contributed by atoms with E-state index in [-0.39, 0.29) is 55.7 Å². The summed E-state index contributed by atoms with van der Waals surface area (Å²) in [4.78, 5) is 31.9. The van der Waals surface area contributed by atoms with Gasteiger partial charge in [-0.2, -0.15) is 5.26 Å². The summed E-state index contributed by atoms with van der Waals surface area (Å²) < 4.78 is 30.1. The van der Waals surface area contributed by atoms with Crippen LogP contribution in [-0.2, 0) is 25.5 Å². The molecule has 1 amide bonds. The molecule has 0 saturated carbocycles. The third-order valence-electron chi connectivity index (χ3n) is 13.7. The molecule has 2 saturated heterocycles. The molecule has 12 nitrogen and oxygen atoms in total. The molecule has 8 rings (SSSR count). The number of unbranched alkanes of at least 4 members (excludes halogenated alkanes) is 12. The van der Waals surface area contributed by atoms with Crippen molar-refractivity contribution in [3.05, 3.63) is 45.0 Å². The molecule has 0 aromatic heterocycles. The lowest BCUT2D eigenvalue weighted by Crippen LogP contribution is -2.69. The zero-order valence-corrected chi connectivity index (χ0v) is 37.4. The quantitative estimate of drug-likeness (QED) is 0.0844. The number of esters is 1. The molecule has 6 aliphatic rings. The number of ether oxygens (including phenoxy) is 5. The number of piperazine rings is 1. The molecular weight excluding hydrogens is 781 g/mol. The number of phenols is 1. The third kappa shape index (κ3) is 8.68. The van der Waals surface area contributed by atoms with Crippen LogP contribution in [0.4, 0.5) is 0 Å². The Hall–Kier alpha value is -3.70. The number of methoxy groups -OCH3 is 1. The zero-order valence-electron chi connectivity index (χ0n) is 36.6. The Balaban J connectivity index is 1.13. The largest absolute Gasteiger partial charge is 0.507 e. The number of aryl methyl sites for hydroxylation is 1. The first kappa shape index (κ1) is 44.4. The van der Waals surface area contributed by atoms with E-state index in [4.69, 9.17) is 23.7 Å². The molecule has 2 N–H and O–H groups in total. The number of nitrogens with zero attached hydrogens (tertiary/aromatic N) is 3. The number of phenolic OH excluding ortho intramolecular Hbond substituents is 1. The highest BCUT2D eigenvalue weighted by molar-refractivity contribution is 7.99. The number of carbonyl (C=O) groups excluding carboxylic acids is 2. The smallest absolute Gasteiger partial charge is 0.329 e. The van der Waals surface area contributed by atoms with Gasteiger partial charge in [-0.3, -0.25) is 14.6 Å². The number of hydrogen-bond acceptors (Lipinski definition) is 12.